The molecule has 22 nitrogen and oxygen atoms in total. The normalized spacial score (nSPS) is 49.1. The third-order valence-corrected chi connectivity index (χ3v) is 21.9. The van der Waals surface area contributed by atoms with Crippen LogP contribution >= 0.6 is 0 Å². The molecule has 4 saturated carbocycles. The molecule has 80 heavy (non-hydrogen) atoms. The zero-order valence-electron chi connectivity index (χ0n) is 48.0. The Bertz CT molecular complexity index is 2390. The Hall–Kier alpha value is -2.85. The van der Waals surface area contributed by atoms with Crippen LogP contribution in [0.5, 0.6) is 0 Å². The molecular weight excluding hydrogens is 1050 g/mol. The summed E-state index contributed by atoms with van der Waals surface area (Å²) in [6.45, 7) is 19.1. The van der Waals surface area contributed by atoms with E-state index in [1.165, 1.54) is 0 Å². The maximum atomic E-state index is 14.1. The summed E-state index contributed by atoms with van der Waals surface area (Å²) in [6.07, 6.45) is -21.7. The minimum absolute atomic E-state index is 0.122. The molecule has 8 rings (SSSR count). The maximum absolute atomic E-state index is 14.1. The number of carbonyl (C=O) groups excluding carboxylic acids is 2. The van der Waals surface area contributed by atoms with Gasteiger partial charge in [-0.05, 0) is 106 Å². The summed E-state index contributed by atoms with van der Waals surface area (Å²) < 4.78 is 42.9. The lowest BCUT2D eigenvalue weighted by Crippen LogP contribution is -2.75. The second-order valence-corrected chi connectivity index (χ2v) is 26.4. The molecule has 3 heterocycles. The highest BCUT2D eigenvalue weighted by atomic mass is 16.8. The lowest BCUT2D eigenvalue weighted by Gasteiger charge is -2.74. The summed E-state index contributed by atoms with van der Waals surface area (Å²) in [5.41, 5.74) is -3.56. The van der Waals surface area contributed by atoms with E-state index in [1.54, 1.807) is 39.8 Å². The summed E-state index contributed by atoms with van der Waals surface area (Å²) in [5, 5.41) is 134. The van der Waals surface area contributed by atoms with Gasteiger partial charge in [0.1, 0.15) is 67.1 Å². The summed E-state index contributed by atoms with van der Waals surface area (Å²) >= 11 is 0. The number of ether oxygens (including phenoxy) is 7. The van der Waals surface area contributed by atoms with Crippen LogP contribution in [0.1, 0.15) is 121 Å². The van der Waals surface area contributed by atoms with Gasteiger partial charge in [-0.25, -0.2) is 9.59 Å². The van der Waals surface area contributed by atoms with Crippen molar-refractivity contribution in [3.63, 3.8) is 0 Å². The van der Waals surface area contributed by atoms with Crippen molar-refractivity contribution in [2.24, 2.45) is 56.2 Å². The van der Waals surface area contributed by atoms with Crippen LogP contribution in [0.3, 0.4) is 0 Å². The Morgan fingerprint density at radius 3 is 1.81 bits per heavy atom. The average molecular weight is 1140 g/mol. The fourth-order valence-corrected chi connectivity index (χ4v) is 16.8. The smallest absolute Gasteiger partial charge is 0.335 e. The molecule has 0 bridgehead atoms. The molecule has 8 aliphatic rings. The van der Waals surface area contributed by atoms with Crippen molar-refractivity contribution >= 4 is 17.7 Å². The number of aliphatic hydroxyl groups is 11. The number of carbonyl (C=O) groups is 3. The summed E-state index contributed by atoms with van der Waals surface area (Å²) in [4.78, 5) is 40.6. The van der Waals surface area contributed by atoms with Crippen molar-refractivity contribution in [2.75, 3.05) is 19.8 Å². The van der Waals surface area contributed by atoms with Crippen LogP contribution in [-0.2, 0) is 47.5 Å². The number of ketones is 1. The van der Waals surface area contributed by atoms with E-state index in [2.05, 4.69) is 19.9 Å². The van der Waals surface area contributed by atoms with Gasteiger partial charge in [-0.3, -0.25) is 4.79 Å². The first-order valence-electron chi connectivity index (χ1n) is 28.5. The zero-order chi connectivity index (χ0) is 59.3. The number of allylic oxidation sites excluding steroid dienone is 4. The topological polar surface area (TPSA) is 359 Å². The number of esters is 1. The molecule has 0 aromatic rings. The minimum atomic E-state index is -2.12. The monoisotopic (exact) mass is 1140 g/mol. The predicted molar refractivity (Wildman–Crippen MR) is 280 cm³/mol. The maximum Gasteiger partial charge on any atom is 0.335 e. The summed E-state index contributed by atoms with van der Waals surface area (Å²) in [6, 6.07) is 0. The molecule has 0 aromatic heterocycles. The summed E-state index contributed by atoms with van der Waals surface area (Å²) in [7, 11) is 0. The number of fused-ring (bicyclic) bond motifs is 7. The van der Waals surface area contributed by atoms with Crippen molar-refractivity contribution < 1.29 is 109 Å². The van der Waals surface area contributed by atoms with Crippen LogP contribution in [0.4, 0.5) is 0 Å². The van der Waals surface area contributed by atoms with Gasteiger partial charge in [0.15, 0.2) is 30.8 Å². The third kappa shape index (κ3) is 9.82. The highest BCUT2D eigenvalue weighted by molar-refractivity contribution is 5.95. The van der Waals surface area contributed by atoms with E-state index in [-0.39, 0.29) is 24.0 Å². The zero-order valence-corrected chi connectivity index (χ0v) is 48.0. The lowest BCUT2D eigenvalue weighted by atomic mass is 9.32. The van der Waals surface area contributed by atoms with Gasteiger partial charge in [0.05, 0.1) is 38.1 Å². The average Bonchev–Trinajstić information content (AvgIpc) is 3.14. The van der Waals surface area contributed by atoms with Gasteiger partial charge >= 0.3 is 11.9 Å². The van der Waals surface area contributed by atoms with Gasteiger partial charge < -0.3 is 94.4 Å². The highest BCUT2D eigenvalue weighted by Crippen LogP contribution is 2.76. The third-order valence-electron chi connectivity index (χ3n) is 21.9. The number of hydrogen-bond acceptors (Lipinski definition) is 21. The molecule has 3 aliphatic heterocycles. The van der Waals surface area contributed by atoms with E-state index in [9.17, 15) is 75.7 Å². The van der Waals surface area contributed by atoms with E-state index in [4.69, 9.17) is 33.2 Å². The molecule has 7 fully saturated rings. The second kappa shape index (κ2) is 22.9. The van der Waals surface area contributed by atoms with Crippen molar-refractivity contribution in [1.29, 1.82) is 0 Å². The van der Waals surface area contributed by atoms with Crippen molar-refractivity contribution in [2.45, 2.75) is 232 Å². The van der Waals surface area contributed by atoms with Crippen LogP contribution in [0, 0.1) is 56.2 Å². The summed E-state index contributed by atoms with van der Waals surface area (Å²) in [5.74, 6) is -4.15. The van der Waals surface area contributed by atoms with Crippen molar-refractivity contribution in [3.8, 4) is 0 Å². The first-order chi connectivity index (χ1) is 37.3. The minimum Gasteiger partial charge on any atom is -0.479 e. The van der Waals surface area contributed by atoms with Crippen molar-refractivity contribution in [1.82, 2.24) is 0 Å². The molecule has 3 saturated heterocycles. The SMILES string of the molecule is C/C=C(/C)C(=O)C[C@H]1[C@H](OC(=O)/C(C)=C\C)C(C)(C)CC2C3=CCC4[C@@]5(C)CC[C@H](OC6OC(C(=O)O)C(O)C(OC7OC(CO)C(O)C7O)C6OC6OC(CO)C(O)C(O)C6O)C(C)(C)C5CC[C@@]4(C)[C@]3(C)[C@H](O)[C@@H](O)[C@]21CO. The van der Waals surface area contributed by atoms with Gasteiger partial charge in [-0.2, -0.15) is 0 Å². The van der Waals surface area contributed by atoms with Crippen molar-refractivity contribution in [3.05, 3.63) is 34.9 Å². The molecule has 12 N–H and O–H groups in total. The van der Waals surface area contributed by atoms with Gasteiger partial charge in [0.2, 0.25) is 0 Å². The number of aliphatic carboxylic acids is 1. The standard InChI is InChI=1S/C58H90O22/c1-12-25(3)30(62)20-28-47(80-49(73)26(4)13-2)53(5,6)21-29-27-14-15-34-55(9)18-17-35(54(7,8)33(55)16-19-56(34,10)57(27,11)45(69)46(70)58(28,29)24-61)76-52-44(79-51-40(67)38(65)36(63)31(22-59)74-51)42(41(68)43(78-52)48(71)72)77-50-39(66)37(64)32(23-60)75-50/h12-14,28-29,31-47,50-52,59-61,63-70H,15-24H2,1-11H3,(H,71,72)/b25-12-,26-13-/t28-,29?,31?,32?,33?,34?,35-,36?,37?,38?,39?,40?,41?,42?,43?,44?,45+,46+,47-,50?,51?,52?,55-,56+,57-,58-/m0/s1. The number of Topliss-reactive ketones (excluding diaryl/α,β-unsaturated/α-hetero) is 1. The van der Waals surface area contributed by atoms with Gasteiger partial charge in [-0.15, -0.1) is 0 Å². The predicted octanol–water partition coefficient (Wildman–Crippen LogP) is 0.926. The van der Waals surface area contributed by atoms with Crippen LogP contribution in [0.2, 0.25) is 0 Å². The van der Waals surface area contributed by atoms with Gasteiger partial charge in [-0.1, -0.05) is 72.3 Å². The first-order valence-corrected chi connectivity index (χ1v) is 28.5. The van der Waals surface area contributed by atoms with Crippen LogP contribution < -0.4 is 0 Å². The number of aliphatic hydroxyl groups excluding tert-OH is 11. The fourth-order valence-electron chi connectivity index (χ4n) is 16.8. The van der Waals surface area contributed by atoms with Gasteiger partial charge in [0.25, 0.3) is 0 Å². The Morgan fingerprint density at radius 1 is 0.675 bits per heavy atom. The quantitative estimate of drug-likeness (QED) is 0.0470. The van der Waals surface area contributed by atoms with E-state index >= 15 is 0 Å². The molecule has 0 spiro atoms. The molecule has 17 unspecified atom stereocenters. The van der Waals surface area contributed by atoms with E-state index in [0.717, 1.165) is 5.57 Å². The second-order valence-electron chi connectivity index (χ2n) is 26.4. The Balaban J connectivity index is 1.14. The first kappa shape index (κ1) is 63.2. The molecular formula is C58H90O22. The fraction of sp³-hybridized carbons (Fsp3) is 0.845. The van der Waals surface area contributed by atoms with E-state index in [0.29, 0.717) is 49.7 Å². The Morgan fingerprint density at radius 2 is 1.25 bits per heavy atom. The van der Waals surface area contributed by atoms with Crippen LogP contribution in [-0.4, -0.2) is 209 Å². The number of carboxylic acids is 1. The highest BCUT2D eigenvalue weighted by Gasteiger charge is 2.76. The molecule has 0 aromatic carbocycles. The Labute approximate surface area is 467 Å². The molecule has 0 radical (unpaired) electrons. The number of carboxylic acid groups (broad SMARTS) is 1. The number of rotatable bonds is 15. The number of hydrogen-bond donors (Lipinski definition) is 12. The Kier molecular flexibility index (Phi) is 18.1. The lowest BCUT2D eigenvalue weighted by molar-refractivity contribution is -0.386. The van der Waals surface area contributed by atoms with Crippen LogP contribution in [0.15, 0.2) is 34.9 Å². The molecule has 0 amide bonds. The largest absolute Gasteiger partial charge is 0.479 e. The van der Waals surface area contributed by atoms with Gasteiger partial charge in [0, 0.05) is 34.2 Å². The molecule has 5 aliphatic carbocycles. The van der Waals surface area contributed by atoms with Crippen LogP contribution in [0.25, 0.3) is 0 Å². The molecule has 454 valence electrons. The van der Waals surface area contributed by atoms with E-state index in [1.807, 2.05) is 34.6 Å². The van der Waals surface area contributed by atoms with E-state index < -0.39 is 187 Å². The molecule has 22 heteroatoms. The molecule has 26 atom stereocenters.